The van der Waals surface area contributed by atoms with Gasteiger partial charge in [0.25, 0.3) is 0 Å². The average Bonchev–Trinajstić information content (AvgIpc) is 3.17. The van der Waals surface area contributed by atoms with E-state index in [2.05, 4.69) is 44.3 Å². The molecule has 0 aliphatic heterocycles. The first-order valence-corrected chi connectivity index (χ1v) is 8.87. The molecule has 0 fully saturated rings. The number of nitrogens with zero attached hydrogens (tertiary/aromatic N) is 5. The van der Waals surface area contributed by atoms with Crippen LogP contribution < -0.4 is 10.6 Å². The third-order valence-electron chi connectivity index (χ3n) is 3.56. The van der Waals surface area contributed by atoms with E-state index < -0.39 is 0 Å². The molecule has 0 spiro atoms. The number of rotatable bonds is 8. The Labute approximate surface area is 146 Å². The van der Waals surface area contributed by atoms with Crippen LogP contribution in [0.4, 0.5) is 0 Å². The van der Waals surface area contributed by atoms with E-state index in [-0.39, 0.29) is 0 Å². The van der Waals surface area contributed by atoms with E-state index in [1.165, 1.54) is 4.88 Å². The highest BCUT2D eigenvalue weighted by molar-refractivity contribution is 7.11. The fourth-order valence-electron chi connectivity index (χ4n) is 2.00. The second-order valence-corrected chi connectivity index (χ2v) is 6.51. The number of aromatic nitrogens is 4. The van der Waals surface area contributed by atoms with Crippen molar-refractivity contribution < 1.29 is 0 Å². The Morgan fingerprint density at radius 2 is 2.25 bits per heavy atom. The molecule has 0 saturated carbocycles. The molecule has 2 heterocycles. The Hall–Kier alpha value is -2.22. The lowest BCUT2D eigenvalue weighted by Crippen LogP contribution is -2.38. The van der Waals surface area contributed by atoms with Crippen molar-refractivity contribution in [3.63, 3.8) is 0 Å². The van der Waals surface area contributed by atoms with Crippen molar-refractivity contribution in [1.29, 1.82) is 0 Å². The molecular formula is C16H25N7S. The van der Waals surface area contributed by atoms with Crippen LogP contribution in [0, 0.1) is 6.92 Å². The molecular weight excluding hydrogens is 322 g/mol. The molecule has 0 aromatic carbocycles. The van der Waals surface area contributed by atoms with Gasteiger partial charge in [-0.05, 0) is 13.3 Å². The van der Waals surface area contributed by atoms with E-state index in [4.69, 9.17) is 0 Å². The van der Waals surface area contributed by atoms with E-state index in [0.29, 0.717) is 13.1 Å². The fraction of sp³-hybridized carbons (Fsp3) is 0.500. The first-order valence-electron chi connectivity index (χ1n) is 8.05. The van der Waals surface area contributed by atoms with Gasteiger partial charge in [0.2, 0.25) is 0 Å². The van der Waals surface area contributed by atoms with Gasteiger partial charge >= 0.3 is 0 Å². The number of hydrogen-bond acceptors (Lipinski definition) is 5. The first-order chi connectivity index (χ1) is 11.6. The lowest BCUT2D eigenvalue weighted by molar-refractivity contribution is 0.756. The highest BCUT2D eigenvalue weighted by atomic mass is 32.1. The van der Waals surface area contributed by atoms with Gasteiger partial charge in [-0.3, -0.25) is 0 Å². The van der Waals surface area contributed by atoms with Crippen molar-refractivity contribution in [2.24, 2.45) is 12.0 Å². The SMILES string of the molecule is C=CCNC(=NCc1nnc(C)n1C)NCCc1ncc(CC)s1. The van der Waals surface area contributed by atoms with Crippen LogP contribution >= 0.6 is 11.3 Å². The van der Waals surface area contributed by atoms with Crippen molar-refractivity contribution in [3.05, 3.63) is 40.4 Å². The Kier molecular flexibility index (Phi) is 6.92. The van der Waals surface area contributed by atoms with Crippen LogP contribution in [0.5, 0.6) is 0 Å². The van der Waals surface area contributed by atoms with Gasteiger partial charge in [-0.15, -0.1) is 28.1 Å². The summed E-state index contributed by atoms with van der Waals surface area (Å²) in [7, 11) is 1.94. The van der Waals surface area contributed by atoms with Crippen molar-refractivity contribution >= 4 is 17.3 Å². The van der Waals surface area contributed by atoms with Crippen LogP contribution in [-0.4, -0.2) is 38.8 Å². The van der Waals surface area contributed by atoms with Crippen molar-refractivity contribution in [3.8, 4) is 0 Å². The molecule has 2 rings (SSSR count). The van der Waals surface area contributed by atoms with E-state index in [9.17, 15) is 0 Å². The predicted molar refractivity (Wildman–Crippen MR) is 98.3 cm³/mol. The van der Waals surface area contributed by atoms with E-state index >= 15 is 0 Å². The summed E-state index contributed by atoms with van der Waals surface area (Å²) in [5, 5.41) is 15.9. The molecule has 0 amide bonds. The minimum Gasteiger partial charge on any atom is -0.356 e. The van der Waals surface area contributed by atoms with Gasteiger partial charge in [-0.25, -0.2) is 9.98 Å². The van der Waals surface area contributed by atoms with Crippen LogP contribution in [0.1, 0.15) is 28.5 Å². The topological polar surface area (TPSA) is 80.0 Å². The summed E-state index contributed by atoms with van der Waals surface area (Å²) in [6.07, 6.45) is 5.68. The minimum atomic E-state index is 0.473. The van der Waals surface area contributed by atoms with Gasteiger partial charge in [-0.1, -0.05) is 13.0 Å². The summed E-state index contributed by atoms with van der Waals surface area (Å²) in [6.45, 7) is 9.70. The number of nitrogens with one attached hydrogen (secondary N) is 2. The molecule has 2 N–H and O–H groups in total. The number of hydrogen-bond donors (Lipinski definition) is 2. The summed E-state index contributed by atoms with van der Waals surface area (Å²) in [5.74, 6) is 2.45. The van der Waals surface area contributed by atoms with Crippen molar-refractivity contribution in [2.75, 3.05) is 13.1 Å². The second-order valence-electron chi connectivity index (χ2n) is 5.31. The number of aryl methyl sites for hydroxylation is 2. The third kappa shape index (κ3) is 5.16. The molecule has 130 valence electrons. The summed E-state index contributed by atoms with van der Waals surface area (Å²) >= 11 is 1.77. The lowest BCUT2D eigenvalue weighted by Gasteiger charge is -2.10. The summed E-state index contributed by atoms with van der Waals surface area (Å²) < 4.78 is 1.94. The van der Waals surface area contributed by atoms with Crippen LogP contribution in [0.25, 0.3) is 0 Å². The molecule has 0 unspecified atom stereocenters. The normalized spacial score (nSPS) is 11.5. The van der Waals surface area contributed by atoms with Crippen LogP contribution in [-0.2, 0) is 26.4 Å². The number of thiazole rings is 1. The number of aliphatic imine (C=N–C) groups is 1. The van der Waals surface area contributed by atoms with Gasteiger partial charge in [0.15, 0.2) is 11.8 Å². The monoisotopic (exact) mass is 347 g/mol. The van der Waals surface area contributed by atoms with Gasteiger partial charge in [0, 0.05) is 37.6 Å². The Morgan fingerprint density at radius 3 is 2.88 bits per heavy atom. The molecule has 8 heteroatoms. The highest BCUT2D eigenvalue weighted by Gasteiger charge is 2.05. The predicted octanol–water partition coefficient (Wildman–Crippen LogP) is 1.61. The highest BCUT2D eigenvalue weighted by Crippen LogP contribution is 2.13. The quantitative estimate of drug-likeness (QED) is 0.431. The summed E-state index contributed by atoms with van der Waals surface area (Å²) in [6, 6.07) is 0. The average molecular weight is 347 g/mol. The maximum Gasteiger partial charge on any atom is 0.191 e. The van der Waals surface area contributed by atoms with Crippen molar-refractivity contribution in [1.82, 2.24) is 30.4 Å². The van der Waals surface area contributed by atoms with E-state index in [1.807, 2.05) is 24.7 Å². The standard InChI is InChI=1S/C16H25N7S/c1-5-8-17-16(20-11-14-22-21-12(3)23(14)4)18-9-7-15-19-10-13(6-2)24-15/h5,10H,1,6-9,11H2,2-4H3,(H2,17,18,20). The zero-order valence-electron chi connectivity index (χ0n) is 14.5. The summed E-state index contributed by atoms with van der Waals surface area (Å²) in [5.41, 5.74) is 0. The molecule has 0 saturated heterocycles. The van der Waals surface area contributed by atoms with E-state index in [0.717, 1.165) is 42.0 Å². The smallest absolute Gasteiger partial charge is 0.191 e. The third-order valence-corrected chi connectivity index (χ3v) is 4.76. The lowest BCUT2D eigenvalue weighted by atomic mass is 10.4. The largest absolute Gasteiger partial charge is 0.356 e. The summed E-state index contributed by atoms with van der Waals surface area (Å²) in [4.78, 5) is 10.3. The van der Waals surface area contributed by atoms with Crippen LogP contribution in [0.2, 0.25) is 0 Å². The second kappa shape index (κ2) is 9.17. The fourth-order valence-corrected chi connectivity index (χ4v) is 2.86. The van der Waals surface area contributed by atoms with Gasteiger partial charge in [0.05, 0.1) is 5.01 Å². The molecule has 0 radical (unpaired) electrons. The molecule has 7 nitrogen and oxygen atoms in total. The van der Waals surface area contributed by atoms with Gasteiger partial charge < -0.3 is 15.2 Å². The Bertz CT molecular complexity index is 686. The zero-order chi connectivity index (χ0) is 17.4. The van der Waals surface area contributed by atoms with Crippen LogP contribution in [0.15, 0.2) is 23.8 Å². The van der Waals surface area contributed by atoms with Crippen molar-refractivity contribution in [2.45, 2.75) is 33.2 Å². The zero-order valence-corrected chi connectivity index (χ0v) is 15.4. The van der Waals surface area contributed by atoms with Crippen LogP contribution in [0.3, 0.4) is 0 Å². The van der Waals surface area contributed by atoms with Gasteiger partial charge in [0.1, 0.15) is 12.4 Å². The maximum absolute atomic E-state index is 4.56. The molecule has 0 atom stereocenters. The first kappa shape index (κ1) is 18.1. The number of guanidine groups is 1. The molecule has 2 aromatic rings. The molecule has 0 bridgehead atoms. The van der Waals surface area contributed by atoms with E-state index in [1.54, 1.807) is 17.4 Å². The maximum atomic E-state index is 4.56. The Balaban J connectivity index is 1.90. The van der Waals surface area contributed by atoms with Gasteiger partial charge in [-0.2, -0.15) is 0 Å². The molecule has 0 aliphatic rings. The minimum absolute atomic E-state index is 0.473. The molecule has 24 heavy (non-hydrogen) atoms. The Morgan fingerprint density at radius 1 is 1.42 bits per heavy atom. The molecule has 0 aliphatic carbocycles. The molecule has 2 aromatic heterocycles.